The summed E-state index contributed by atoms with van der Waals surface area (Å²) in [6.45, 7) is 0. The first-order valence-corrected chi connectivity index (χ1v) is 4.31. The number of carbonyl (C=O) groups is 1. The number of allylic oxidation sites excluding steroid dienone is 1. The van der Waals surface area contributed by atoms with Gasteiger partial charge >= 0.3 is 5.97 Å². The summed E-state index contributed by atoms with van der Waals surface area (Å²) in [7, 11) is 0. The predicted molar refractivity (Wildman–Crippen MR) is 50.8 cm³/mol. The molecule has 66 valence electrons. The molecule has 2 heteroatoms. The summed E-state index contributed by atoms with van der Waals surface area (Å²) in [5.74, 6) is -0.844. The van der Waals surface area contributed by atoms with Gasteiger partial charge in [-0.3, -0.25) is 0 Å². The first-order valence-electron chi connectivity index (χ1n) is 4.31. The Labute approximate surface area is 76.5 Å². The fraction of sp³-hybridized carbons (Fsp3) is 0.182. The highest BCUT2D eigenvalue weighted by atomic mass is 16.4. The zero-order valence-electron chi connectivity index (χ0n) is 7.16. The minimum atomic E-state index is -0.844. The van der Waals surface area contributed by atoms with Crippen LogP contribution < -0.4 is 0 Å². The topological polar surface area (TPSA) is 37.3 Å². The van der Waals surface area contributed by atoms with Crippen molar-refractivity contribution in [3.05, 3.63) is 41.0 Å². The molecular formula is C11H10O2. The normalized spacial score (nSPS) is 13.8. The molecule has 0 fully saturated rings. The van der Waals surface area contributed by atoms with Crippen LogP contribution >= 0.6 is 0 Å². The molecule has 0 spiro atoms. The summed E-state index contributed by atoms with van der Waals surface area (Å²) in [5, 5.41) is 8.91. The van der Waals surface area contributed by atoms with Crippen molar-refractivity contribution in [2.45, 2.75) is 12.8 Å². The number of benzene rings is 1. The standard InChI is InChI=1S/C11H10O2/c12-11(13)10-7-3-5-8-4-1-2-6-9(8)10/h2-3,5-7H,1,4H2,(H,12,13). The third-order valence-corrected chi connectivity index (χ3v) is 2.29. The third kappa shape index (κ3) is 1.35. The fourth-order valence-corrected chi connectivity index (χ4v) is 1.65. The van der Waals surface area contributed by atoms with Crippen molar-refractivity contribution in [2.75, 3.05) is 0 Å². The summed E-state index contributed by atoms with van der Waals surface area (Å²) in [6, 6.07) is 5.45. The van der Waals surface area contributed by atoms with Crippen LogP contribution in [0.5, 0.6) is 0 Å². The highest BCUT2D eigenvalue weighted by Gasteiger charge is 2.12. The lowest BCUT2D eigenvalue weighted by molar-refractivity contribution is 0.0696. The van der Waals surface area contributed by atoms with E-state index in [0.717, 1.165) is 24.0 Å². The zero-order valence-corrected chi connectivity index (χ0v) is 7.16. The van der Waals surface area contributed by atoms with E-state index in [0.29, 0.717) is 5.56 Å². The second-order valence-corrected chi connectivity index (χ2v) is 3.12. The van der Waals surface area contributed by atoms with Crippen LogP contribution in [0.2, 0.25) is 0 Å². The largest absolute Gasteiger partial charge is 0.478 e. The molecular weight excluding hydrogens is 164 g/mol. The molecule has 0 aliphatic heterocycles. The molecule has 0 atom stereocenters. The van der Waals surface area contributed by atoms with Crippen LogP contribution in [0, 0.1) is 0 Å². The van der Waals surface area contributed by atoms with Gasteiger partial charge in [0.2, 0.25) is 0 Å². The van der Waals surface area contributed by atoms with Gasteiger partial charge < -0.3 is 5.11 Å². The third-order valence-electron chi connectivity index (χ3n) is 2.29. The average molecular weight is 174 g/mol. The number of hydrogen-bond acceptors (Lipinski definition) is 1. The van der Waals surface area contributed by atoms with Crippen molar-refractivity contribution in [2.24, 2.45) is 0 Å². The van der Waals surface area contributed by atoms with Crippen LogP contribution in [-0.2, 0) is 6.42 Å². The van der Waals surface area contributed by atoms with Gasteiger partial charge in [-0.1, -0.05) is 24.3 Å². The molecule has 2 nitrogen and oxygen atoms in total. The number of aromatic carboxylic acids is 1. The second-order valence-electron chi connectivity index (χ2n) is 3.12. The highest BCUT2D eigenvalue weighted by molar-refractivity contribution is 5.93. The number of carboxylic acids is 1. The Morgan fingerprint density at radius 1 is 1.38 bits per heavy atom. The van der Waals surface area contributed by atoms with Crippen LogP contribution in [0.4, 0.5) is 0 Å². The molecule has 13 heavy (non-hydrogen) atoms. The number of aryl methyl sites for hydroxylation is 1. The van der Waals surface area contributed by atoms with E-state index in [-0.39, 0.29) is 0 Å². The van der Waals surface area contributed by atoms with Gasteiger partial charge in [-0.15, -0.1) is 0 Å². The SMILES string of the molecule is O=C(O)c1cccc2c1C=CCC2. The van der Waals surface area contributed by atoms with Gasteiger partial charge in [0.05, 0.1) is 5.56 Å². The zero-order chi connectivity index (χ0) is 9.26. The van der Waals surface area contributed by atoms with E-state index in [1.54, 1.807) is 12.1 Å². The average Bonchev–Trinajstić information content (AvgIpc) is 2.17. The summed E-state index contributed by atoms with van der Waals surface area (Å²) in [5.41, 5.74) is 2.43. The first kappa shape index (κ1) is 8.05. The molecule has 2 rings (SSSR count). The molecule has 0 radical (unpaired) electrons. The maximum absolute atomic E-state index is 10.8. The Balaban J connectivity index is 2.60. The van der Waals surface area contributed by atoms with Crippen LogP contribution in [-0.4, -0.2) is 11.1 Å². The highest BCUT2D eigenvalue weighted by Crippen LogP contribution is 2.22. The lowest BCUT2D eigenvalue weighted by Crippen LogP contribution is -2.04. The molecule has 1 aliphatic rings. The van der Waals surface area contributed by atoms with Gasteiger partial charge in [-0.2, -0.15) is 0 Å². The van der Waals surface area contributed by atoms with Gasteiger partial charge in [0.15, 0.2) is 0 Å². The molecule has 0 unspecified atom stereocenters. The van der Waals surface area contributed by atoms with Crippen molar-refractivity contribution in [3.8, 4) is 0 Å². The summed E-state index contributed by atoms with van der Waals surface area (Å²) < 4.78 is 0. The van der Waals surface area contributed by atoms with Gasteiger partial charge in [-0.05, 0) is 30.0 Å². The van der Waals surface area contributed by atoms with E-state index >= 15 is 0 Å². The minimum absolute atomic E-state index is 0.411. The number of hydrogen-bond donors (Lipinski definition) is 1. The number of rotatable bonds is 1. The van der Waals surface area contributed by atoms with Gasteiger partial charge in [0.1, 0.15) is 0 Å². The van der Waals surface area contributed by atoms with Gasteiger partial charge in [0.25, 0.3) is 0 Å². The van der Waals surface area contributed by atoms with Crippen molar-refractivity contribution < 1.29 is 9.90 Å². The monoisotopic (exact) mass is 174 g/mol. The second kappa shape index (κ2) is 3.05. The minimum Gasteiger partial charge on any atom is -0.478 e. The van der Waals surface area contributed by atoms with E-state index in [1.807, 2.05) is 18.2 Å². The lowest BCUT2D eigenvalue weighted by Gasteiger charge is -2.11. The maximum atomic E-state index is 10.8. The molecule has 0 saturated carbocycles. The van der Waals surface area contributed by atoms with Gasteiger partial charge in [0, 0.05) is 0 Å². The van der Waals surface area contributed by atoms with Crippen LogP contribution in [0.3, 0.4) is 0 Å². The van der Waals surface area contributed by atoms with Crippen molar-refractivity contribution in [1.82, 2.24) is 0 Å². The summed E-state index contributed by atoms with van der Waals surface area (Å²) in [4.78, 5) is 10.8. The molecule has 1 aliphatic carbocycles. The Morgan fingerprint density at radius 2 is 2.23 bits per heavy atom. The smallest absolute Gasteiger partial charge is 0.336 e. The predicted octanol–water partition coefficient (Wildman–Crippen LogP) is 2.34. The van der Waals surface area contributed by atoms with E-state index < -0.39 is 5.97 Å². The Bertz CT molecular complexity index is 378. The maximum Gasteiger partial charge on any atom is 0.336 e. The summed E-state index contributed by atoms with van der Waals surface area (Å²) in [6.07, 6.45) is 5.89. The molecule has 0 saturated heterocycles. The molecule has 0 aromatic heterocycles. The quantitative estimate of drug-likeness (QED) is 0.709. The first-order chi connectivity index (χ1) is 6.29. The van der Waals surface area contributed by atoms with E-state index in [9.17, 15) is 4.79 Å². The van der Waals surface area contributed by atoms with Crippen LogP contribution in [0.1, 0.15) is 27.9 Å². The molecule has 0 bridgehead atoms. The van der Waals surface area contributed by atoms with Crippen molar-refractivity contribution >= 4 is 12.0 Å². The molecule has 0 heterocycles. The Hall–Kier alpha value is -1.57. The Kier molecular flexibility index (Phi) is 1.89. The molecule has 1 N–H and O–H groups in total. The van der Waals surface area contributed by atoms with Crippen molar-refractivity contribution in [1.29, 1.82) is 0 Å². The molecule has 1 aromatic carbocycles. The van der Waals surface area contributed by atoms with Crippen molar-refractivity contribution in [3.63, 3.8) is 0 Å². The van der Waals surface area contributed by atoms with Crippen LogP contribution in [0.15, 0.2) is 24.3 Å². The number of carboxylic acid groups (broad SMARTS) is 1. The van der Waals surface area contributed by atoms with Crippen LogP contribution in [0.25, 0.3) is 6.08 Å². The van der Waals surface area contributed by atoms with Gasteiger partial charge in [-0.25, -0.2) is 4.79 Å². The molecule has 1 aromatic rings. The van der Waals surface area contributed by atoms with E-state index in [4.69, 9.17) is 5.11 Å². The molecule has 0 amide bonds. The fourth-order valence-electron chi connectivity index (χ4n) is 1.65. The van der Waals surface area contributed by atoms with E-state index in [2.05, 4.69) is 0 Å². The Morgan fingerprint density at radius 3 is 3.00 bits per heavy atom. The van der Waals surface area contributed by atoms with E-state index in [1.165, 1.54) is 0 Å². The lowest BCUT2D eigenvalue weighted by atomic mass is 9.93. The summed E-state index contributed by atoms with van der Waals surface area (Å²) >= 11 is 0. The number of fused-ring (bicyclic) bond motifs is 1.